The maximum absolute atomic E-state index is 11.1. The number of thiophene rings is 1. The molecule has 1 aromatic carbocycles. The third-order valence-electron chi connectivity index (χ3n) is 1.99. The topological polar surface area (TPSA) is 43.4 Å². The summed E-state index contributed by atoms with van der Waals surface area (Å²) < 4.78 is 28.1. The van der Waals surface area contributed by atoms with Gasteiger partial charge < -0.3 is 4.18 Å². The molecule has 0 amide bonds. The fraction of sp³-hybridized carbons (Fsp3) is 0.200. The molecule has 1 heterocycles. The Labute approximate surface area is 92.4 Å². The molecule has 2 rings (SSSR count). The van der Waals surface area contributed by atoms with Crippen LogP contribution in [-0.2, 0) is 10.1 Å². The van der Waals surface area contributed by atoms with Gasteiger partial charge in [0.2, 0.25) is 0 Å². The van der Waals surface area contributed by atoms with E-state index >= 15 is 0 Å². The molecule has 0 spiro atoms. The first-order valence-electron chi connectivity index (χ1n) is 4.33. The number of aryl methyl sites for hydroxylation is 1. The minimum atomic E-state index is -3.46. The fourth-order valence-corrected chi connectivity index (χ4v) is 2.86. The Morgan fingerprint density at radius 1 is 1.33 bits per heavy atom. The summed E-state index contributed by atoms with van der Waals surface area (Å²) in [6.45, 7) is 1.94. The summed E-state index contributed by atoms with van der Waals surface area (Å²) in [4.78, 5) is 0. The monoisotopic (exact) mass is 242 g/mol. The zero-order valence-electron chi connectivity index (χ0n) is 8.35. The van der Waals surface area contributed by atoms with Crippen LogP contribution in [0.25, 0.3) is 10.1 Å². The van der Waals surface area contributed by atoms with E-state index in [1.165, 1.54) is 0 Å². The molecule has 0 unspecified atom stereocenters. The van der Waals surface area contributed by atoms with Crippen molar-refractivity contribution in [2.24, 2.45) is 0 Å². The summed E-state index contributed by atoms with van der Waals surface area (Å²) in [6.07, 6.45) is 1.05. The van der Waals surface area contributed by atoms with Gasteiger partial charge in [0.15, 0.2) is 5.75 Å². The van der Waals surface area contributed by atoms with E-state index in [2.05, 4.69) is 0 Å². The van der Waals surface area contributed by atoms with Gasteiger partial charge in [0.05, 0.1) is 6.26 Å². The minimum Gasteiger partial charge on any atom is -0.382 e. The molecule has 0 aliphatic rings. The number of rotatable bonds is 2. The van der Waals surface area contributed by atoms with Crippen LogP contribution in [0.2, 0.25) is 0 Å². The van der Waals surface area contributed by atoms with Gasteiger partial charge in [-0.25, -0.2) is 0 Å². The lowest BCUT2D eigenvalue weighted by atomic mass is 10.2. The Morgan fingerprint density at radius 3 is 2.73 bits per heavy atom. The average molecular weight is 242 g/mol. The van der Waals surface area contributed by atoms with E-state index in [0.717, 1.165) is 21.9 Å². The molecular weight excluding hydrogens is 232 g/mol. The van der Waals surface area contributed by atoms with Crippen molar-refractivity contribution in [2.75, 3.05) is 6.26 Å². The van der Waals surface area contributed by atoms with Crippen LogP contribution in [0.5, 0.6) is 5.75 Å². The van der Waals surface area contributed by atoms with Crippen LogP contribution in [0, 0.1) is 6.92 Å². The van der Waals surface area contributed by atoms with Gasteiger partial charge in [0.25, 0.3) is 0 Å². The van der Waals surface area contributed by atoms with Crippen LogP contribution >= 0.6 is 11.3 Å². The van der Waals surface area contributed by atoms with E-state index in [4.69, 9.17) is 4.18 Å². The molecule has 0 saturated heterocycles. The molecular formula is C10H10O3S2. The van der Waals surface area contributed by atoms with Gasteiger partial charge in [0, 0.05) is 10.1 Å². The third kappa shape index (κ3) is 2.13. The highest BCUT2D eigenvalue weighted by molar-refractivity contribution is 7.86. The Balaban J connectivity index is 2.65. The van der Waals surface area contributed by atoms with Gasteiger partial charge in [0.1, 0.15) is 0 Å². The van der Waals surface area contributed by atoms with E-state index in [0.29, 0.717) is 5.75 Å². The number of benzene rings is 1. The summed E-state index contributed by atoms with van der Waals surface area (Å²) >= 11 is 1.58. The van der Waals surface area contributed by atoms with Crippen molar-refractivity contribution in [1.82, 2.24) is 0 Å². The SMILES string of the molecule is Cc1csc2cccc(OS(C)(=O)=O)c12. The number of hydrogen-bond acceptors (Lipinski definition) is 4. The number of hydrogen-bond donors (Lipinski definition) is 0. The smallest absolute Gasteiger partial charge is 0.306 e. The molecule has 0 aliphatic carbocycles. The van der Waals surface area contributed by atoms with Crippen LogP contribution in [0.3, 0.4) is 0 Å². The predicted octanol–water partition coefficient (Wildman–Crippen LogP) is 2.55. The van der Waals surface area contributed by atoms with Crippen LogP contribution in [0.15, 0.2) is 23.6 Å². The van der Waals surface area contributed by atoms with Gasteiger partial charge in [-0.15, -0.1) is 11.3 Å². The molecule has 0 saturated carbocycles. The van der Waals surface area contributed by atoms with Gasteiger partial charge in [-0.1, -0.05) is 6.07 Å². The quantitative estimate of drug-likeness (QED) is 0.760. The second kappa shape index (κ2) is 3.50. The third-order valence-corrected chi connectivity index (χ3v) is 3.53. The van der Waals surface area contributed by atoms with E-state index in [9.17, 15) is 8.42 Å². The maximum Gasteiger partial charge on any atom is 0.306 e. The normalized spacial score (nSPS) is 11.9. The molecule has 0 fully saturated rings. The Bertz CT molecular complexity index is 596. The summed E-state index contributed by atoms with van der Waals surface area (Å²) in [6, 6.07) is 5.41. The summed E-state index contributed by atoms with van der Waals surface area (Å²) in [5.41, 5.74) is 1.04. The van der Waals surface area contributed by atoms with Crippen molar-refractivity contribution in [3.8, 4) is 5.75 Å². The average Bonchev–Trinajstić information content (AvgIpc) is 2.46. The van der Waals surface area contributed by atoms with Crippen molar-refractivity contribution in [3.63, 3.8) is 0 Å². The molecule has 3 nitrogen and oxygen atoms in total. The first kappa shape index (κ1) is 10.4. The summed E-state index contributed by atoms with van der Waals surface area (Å²) in [5, 5.41) is 2.87. The maximum atomic E-state index is 11.1. The van der Waals surface area contributed by atoms with Crippen molar-refractivity contribution >= 4 is 31.5 Å². The van der Waals surface area contributed by atoms with Crippen LogP contribution < -0.4 is 4.18 Å². The predicted molar refractivity (Wildman–Crippen MR) is 62.0 cm³/mol. The minimum absolute atomic E-state index is 0.411. The summed E-state index contributed by atoms with van der Waals surface area (Å²) in [5.74, 6) is 0.411. The van der Waals surface area contributed by atoms with E-state index in [1.807, 2.05) is 18.4 Å². The molecule has 0 N–H and O–H groups in total. The number of fused-ring (bicyclic) bond motifs is 1. The van der Waals surface area contributed by atoms with Crippen molar-refractivity contribution in [1.29, 1.82) is 0 Å². The standard InChI is InChI=1S/C10H10O3S2/c1-7-6-14-9-5-3-4-8(10(7)9)13-15(2,11)12/h3-6H,1-2H3. The van der Waals surface area contributed by atoms with Gasteiger partial charge in [-0.2, -0.15) is 8.42 Å². The molecule has 80 valence electrons. The van der Waals surface area contributed by atoms with Crippen molar-refractivity contribution in [2.45, 2.75) is 6.92 Å². The zero-order chi connectivity index (χ0) is 11.1. The van der Waals surface area contributed by atoms with Crippen molar-refractivity contribution < 1.29 is 12.6 Å². The van der Waals surface area contributed by atoms with E-state index in [1.54, 1.807) is 23.5 Å². The van der Waals surface area contributed by atoms with Gasteiger partial charge in [-0.3, -0.25) is 0 Å². The molecule has 2 aromatic rings. The lowest BCUT2D eigenvalue weighted by Crippen LogP contribution is -2.05. The van der Waals surface area contributed by atoms with E-state index in [-0.39, 0.29) is 0 Å². The van der Waals surface area contributed by atoms with Gasteiger partial charge >= 0.3 is 10.1 Å². The summed E-state index contributed by atoms with van der Waals surface area (Å²) in [7, 11) is -3.46. The van der Waals surface area contributed by atoms with Crippen LogP contribution in [0.1, 0.15) is 5.56 Å². The second-order valence-corrected chi connectivity index (χ2v) is 5.82. The first-order valence-corrected chi connectivity index (χ1v) is 7.03. The van der Waals surface area contributed by atoms with Crippen LogP contribution in [-0.4, -0.2) is 14.7 Å². The molecule has 5 heteroatoms. The molecule has 0 aliphatic heterocycles. The van der Waals surface area contributed by atoms with Crippen molar-refractivity contribution in [3.05, 3.63) is 29.1 Å². The molecule has 15 heavy (non-hydrogen) atoms. The molecule has 0 radical (unpaired) electrons. The first-order chi connectivity index (χ1) is 6.97. The highest BCUT2D eigenvalue weighted by Gasteiger charge is 2.11. The lowest BCUT2D eigenvalue weighted by molar-refractivity contribution is 0.495. The highest BCUT2D eigenvalue weighted by Crippen LogP contribution is 2.33. The Hall–Kier alpha value is -1.07. The molecule has 0 atom stereocenters. The zero-order valence-corrected chi connectivity index (χ0v) is 9.98. The van der Waals surface area contributed by atoms with Gasteiger partial charge in [-0.05, 0) is 30.0 Å². The van der Waals surface area contributed by atoms with E-state index < -0.39 is 10.1 Å². The Morgan fingerprint density at radius 2 is 2.07 bits per heavy atom. The van der Waals surface area contributed by atoms with Crippen LogP contribution in [0.4, 0.5) is 0 Å². The Kier molecular flexibility index (Phi) is 2.44. The fourth-order valence-electron chi connectivity index (χ4n) is 1.44. The molecule has 1 aromatic heterocycles. The highest BCUT2D eigenvalue weighted by atomic mass is 32.2. The lowest BCUT2D eigenvalue weighted by Gasteiger charge is -2.04. The molecule has 0 bridgehead atoms. The largest absolute Gasteiger partial charge is 0.382 e. The second-order valence-electron chi connectivity index (χ2n) is 3.34.